The summed E-state index contributed by atoms with van der Waals surface area (Å²) < 4.78 is 2.01. The highest BCUT2D eigenvalue weighted by Gasteiger charge is 2.22. The van der Waals surface area contributed by atoms with Gasteiger partial charge in [0, 0.05) is 37.6 Å². The number of imidazole rings is 1. The molecule has 132 valence electrons. The first-order valence-electron chi connectivity index (χ1n) is 7.76. The molecular weight excluding hydrogens is 347 g/mol. The fourth-order valence-electron chi connectivity index (χ4n) is 2.91. The second kappa shape index (κ2) is 9.67. The van der Waals surface area contributed by atoms with Crippen LogP contribution in [0.2, 0.25) is 0 Å². The van der Waals surface area contributed by atoms with Gasteiger partial charge in [-0.05, 0) is 43.6 Å². The molecular formula is C17H24Cl2N4O. The summed E-state index contributed by atoms with van der Waals surface area (Å²) in [5, 5.41) is 3.33. The van der Waals surface area contributed by atoms with Crippen LogP contribution in [0.1, 0.15) is 28.8 Å². The van der Waals surface area contributed by atoms with Gasteiger partial charge in [0.25, 0.3) is 5.91 Å². The van der Waals surface area contributed by atoms with Gasteiger partial charge in [-0.1, -0.05) is 12.1 Å². The topological polar surface area (TPSA) is 50.2 Å². The number of aromatic nitrogens is 2. The molecule has 0 aliphatic carbocycles. The van der Waals surface area contributed by atoms with Crippen molar-refractivity contribution in [2.45, 2.75) is 25.4 Å². The number of amides is 1. The van der Waals surface area contributed by atoms with Crippen molar-refractivity contribution in [3.05, 3.63) is 54.1 Å². The van der Waals surface area contributed by atoms with Crippen LogP contribution >= 0.6 is 24.8 Å². The average molecular weight is 371 g/mol. The molecule has 3 rings (SSSR count). The molecule has 0 saturated carbocycles. The molecule has 1 amide bonds. The summed E-state index contributed by atoms with van der Waals surface area (Å²) in [7, 11) is 1.91. The van der Waals surface area contributed by atoms with Crippen molar-refractivity contribution in [2.75, 3.05) is 20.1 Å². The van der Waals surface area contributed by atoms with Gasteiger partial charge in [-0.2, -0.15) is 0 Å². The maximum absolute atomic E-state index is 12.6. The first kappa shape index (κ1) is 20.5. The lowest BCUT2D eigenvalue weighted by Crippen LogP contribution is -2.43. The Kier molecular flexibility index (Phi) is 8.25. The van der Waals surface area contributed by atoms with Crippen molar-refractivity contribution < 1.29 is 4.79 Å². The molecule has 0 atom stereocenters. The minimum absolute atomic E-state index is 0. The Balaban J connectivity index is 0.00000144. The summed E-state index contributed by atoms with van der Waals surface area (Å²) in [6.07, 6.45) is 7.56. The van der Waals surface area contributed by atoms with Gasteiger partial charge in [-0.3, -0.25) is 4.79 Å². The molecule has 2 aromatic rings. The van der Waals surface area contributed by atoms with Gasteiger partial charge in [0.1, 0.15) is 0 Å². The van der Waals surface area contributed by atoms with E-state index in [-0.39, 0.29) is 30.7 Å². The first-order valence-corrected chi connectivity index (χ1v) is 7.76. The minimum Gasteiger partial charge on any atom is -0.339 e. The molecule has 1 aromatic carbocycles. The zero-order valence-corrected chi connectivity index (χ0v) is 15.4. The predicted molar refractivity (Wildman–Crippen MR) is 100 cm³/mol. The second-order valence-corrected chi connectivity index (χ2v) is 5.83. The molecule has 1 fully saturated rings. The molecule has 0 unspecified atom stereocenters. The van der Waals surface area contributed by atoms with Crippen molar-refractivity contribution in [1.82, 2.24) is 19.8 Å². The fraction of sp³-hybridized carbons (Fsp3) is 0.412. The molecule has 0 radical (unpaired) electrons. The van der Waals surface area contributed by atoms with Crippen LogP contribution in [0, 0.1) is 0 Å². The number of hydrogen-bond donors (Lipinski definition) is 1. The standard InChI is InChI=1S/C17H22N4O.2ClH/c1-20(16-6-8-18-9-7-16)17(22)15-4-2-14(3-5-15)12-21-11-10-19-13-21;;/h2-5,10-11,13,16,18H,6-9,12H2,1H3;2*1H. The van der Waals surface area contributed by atoms with Crippen LogP contribution in [0.15, 0.2) is 43.0 Å². The van der Waals surface area contributed by atoms with Crippen molar-refractivity contribution >= 4 is 30.7 Å². The fourth-order valence-corrected chi connectivity index (χ4v) is 2.91. The number of carbonyl (C=O) groups is 1. The zero-order chi connectivity index (χ0) is 15.4. The Hall–Kier alpha value is -1.56. The molecule has 24 heavy (non-hydrogen) atoms. The number of carbonyl (C=O) groups excluding carboxylic acids is 1. The molecule has 2 heterocycles. The van der Waals surface area contributed by atoms with E-state index in [4.69, 9.17) is 0 Å². The predicted octanol–water partition coefficient (Wildman–Crippen LogP) is 2.60. The zero-order valence-electron chi connectivity index (χ0n) is 13.7. The lowest BCUT2D eigenvalue weighted by Gasteiger charge is -2.31. The van der Waals surface area contributed by atoms with E-state index in [2.05, 4.69) is 10.3 Å². The Bertz CT molecular complexity index is 610. The van der Waals surface area contributed by atoms with E-state index in [0.29, 0.717) is 6.04 Å². The summed E-state index contributed by atoms with van der Waals surface area (Å²) in [6.45, 7) is 2.76. The SMILES string of the molecule is CN(C(=O)c1ccc(Cn2ccnc2)cc1)C1CCNCC1.Cl.Cl. The Morgan fingerprint density at radius 2 is 1.92 bits per heavy atom. The van der Waals surface area contributed by atoms with Crippen molar-refractivity contribution in [3.8, 4) is 0 Å². The lowest BCUT2D eigenvalue weighted by molar-refractivity contribution is 0.0703. The molecule has 0 bridgehead atoms. The van der Waals surface area contributed by atoms with Gasteiger partial charge in [-0.25, -0.2) is 4.98 Å². The van der Waals surface area contributed by atoms with Crippen LogP contribution in [-0.2, 0) is 6.54 Å². The van der Waals surface area contributed by atoms with Crippen LogP contribution in [0.25, 0.3) is 0 Å². The molecule has 1 N–H and O–H groups in total. The highest BCUT2D eigenvalue weighted by atomic mass is 35.5. The van der Waals surface area contributed by atoms with Crippen LogP contribution < -0.4 is 5.32 Å². The number of hydrogen-bond acceptors (Lipinski definition) is 3. The maximum atomic E-state index is 12.6. The Morgan fingerprint density at radius 3 is 2.50 bits per heavy atom. The summed E-state index contributed by atoms with van der Waals surface area (Å²) in [5.74, 6) is 0.112. The smallest absolute Gasteiger partial charge is 0.253 e. The molecule has 1 saturated heterocycles. The summed E-state index contributed by atoms with van der Waals surface area (Å²) >= 11 is 0. The summed E-state index contributed by atoms with van der Waals surface area (Å²) in [4.78, 5) is 18.5. The normalized spacial score (nSPS) is 14.4. The highest BCUT2D eigenvalue weighted by Crippen LogP contribution is 2.14. The van der Waals surface area contributed by atoms with Crippen LogP contribution in [0.5, 0.6) is 0 Å². The summed E-state index contributed by atoms with van der Waals surface area (Å²) in [5.41, 5.74) is 1.93. The largest absolute Gasteiger partial charge is 0.339 e. The maximum Gasteiger partial charge on any atom is 0.253 e. The number of nitrogens with one attached hydrogen (secondary N) is 1. The Labute approximate surface area is 155 Å². The highest BCUT2D eigenvalue weighted by molar-refractivity contribution is 5.94. The lowest BCUT2D eigenvalue weighted by atomic mass is 10.0. The van der Waals surface area contributed by atoms with Gasteiger partial charge in [-0.15, -0.1) is 24.8 Å². The number of nitrogens with zero attached hydrogens (tertiary/aromatic N) is 3. The monoisotopic (exact) mass is 370 g/mol. The molecule has 7 heteroatoms. The van der Waals surface area contributed by atoms with Crippen molar-refractivity contribution in [2.24, 2.45) is 0 Å². The van der Waals surface area contributed by atoms with E-state index in [0.717, 1.165) is 38.0 Å². The van der Waals surface area contributed by atoms with Crippen molar-refractivity contribution in [3.63, 3.8) is 0 Å². The molecule has 1 aliphatic heterocycles. The van der Waals surface area contributed by atoms with Crippen LogP contribution in [0.4, 0.5) is 0 Å². The first-order chi connectivity index (χ1) is 10.7. The molecule has 5 nitrogen and oxygen atoms in total. The van der Waals surface area contributed by atoms with Gasteiger partial charge < -0.3 is 14.8 Å². The van der Waals surface area contributed by atoms with Gasteiger partial charge in [0.05, 0.1) is 6.33 Å². The number of halogens is 2. The third-order valence-electron chi connectivity index (χ3n) is 4.30. The third-order valence-corrected chi connectivity index (χ3v) is 4.30. The third kappa shape index (κ3) is 4.97. The second-order valence-electron chi connectivity index (χ2n) is 5.83. The summed E-state index contributed by atoms with van der Waals surface area (Å²) in [6, 6.07) is 8.23. The van der Waals surface area contributed by atoms with Gasteiger partial charge >= 0.3 is 0 Å². The van der Waals surface area contributed by atoms with E-state index in [1.54, 1.807) is 12.5 Å². The number of benzene rings is 1. The quantitative estimate of drug-likeness (QED) is 0.899. The molecule has 1 aromatic heterocycles. The average Bonchev–Trinajstić information content (AvgIpc) is 3.08. The molecule has 1 aliphatic rings. The number of rotatable bonds is 4. The minimum atomic E-state index is 0. The van der Waals surface area contributed by atoms with Gasteiger partial charge in [0.2, 0.25) is 0 Å². The Morgan fingerprint density at radius 1 is 1.25 bits per heavy atom. The van der Waals surface area contributed by atoms with E-state index >= 15 is 0 Å². The van der Waals surface area contributed by atoms with Crippen LogP contribution in [0.3, 0.4) is 0 Å². The van der Waals surface area contributed by atoms with E-state index in [1.807, 2.05) is 47.0 Å². The molecule has 0 spiro atoms. The number of piperidine rings is 1. The van der Waals surface area contributed by atoms with Gasteiger partial charge in [0.15, 0.2) is 0 Å². The van der Waals surface area contributed by atoms with E-state index in [1.165, 1.54) is 5.56 Å². The van der Waals surface area contributed by atoms with E-state index < -0.39 is 0 Å². The van der Waals surface area contributed by atoms with Crippen molar-refractivity contribution in [1.29, 1.82) is 0 Å². The van der Waals surface area contributed by atoms with Crippen LogP contribution in [-0.4, -0.2) is 46.5 Å². The van der Waals surface area contributed by atoms with E-state index in [9.17, 15) is 4.79 Å².